The highest BCUT2D eigenvalue weighted by Crippen LogP contribution is 2.47. The molecule has 298 valence electrons. The Bertz CT molecular complexity index is 1890. The number of ether oxygens (including phenoxy) is 2. The van der Waals surface area contributed by atoms with Gasteiger partial charge in [-0.25, -0.2) is 8.78 Å². The van der Waals surface area contributed by atoms with E-state index in [0.29, 0.717) is 62.8 Å². The van der Waals surface area contributed by atoms with Crippen molar-refractivity contribution in [2.24, 2.45) is 10.8 Å². The first-order valence-corrected chi connectivity index (χ1v) is 19.3. The van der Waals surface area contributed by atoms with Crippen LogP contribution in [0.2, 0.25) is 0 Å². The van der Waals surface area contributed by atoms with Gasteiger partial charge in [0.15, 0.2) is 11.5 Å². The molecule has 4 aromatic carbocycles. The first-order chi connectivity index (χ1) is 25.5. The second-order valence-electron chi connectivity index (χ2n) is 19.1. The molecule has 1 heterocycles. The largest absolute Gasteiger partial charge is 0.493 e. The van der Waals surface area contributed by atoms with Crippen LogP contribution in [-0.2, 0) is 20.9 Å². The van der Waals surface area contributed by atoms with E-state index in [1.807, 2.05) is 39.8 Å². The molecule has 0 saturated carbocycles. The van der Waals surface area contributed by atoms with E-state index in [1.54, 1.807) is 0 Å². The van der Waals surface area contributed by atoms with Gasteiger partial charge < -0.3 is 19.2 Å². The van der Waals surface area contributed by atoms with Gasteiger partial charge in [0.25, 0.3) is 0 Å². The maximum absolute atomic E-state index is 15.3. The Morgan fingerprint density at radius 2 is 0.782 bits per heavy atom. The Morgan fingerprint density at radius 3 is 1.13 bits per heavy atom. The van der Waals surface area contributed by atoms with Gasteiger partial charge in [-0.2, -0.15) is 0 Å². The Hall–Kier alpha value is -4.14. The summed E-state index contributed by atoms with van der Waals surface area (Å²) in [6.07, 6.45) is 2.30. The molecule has 0 fully saturated rings. The van der Waals surface area contributed by atoms with Gasteiger partial charge in [-0.1, -0.05) is 81.4 Å². The Balaban J connectivity index is 1.66. The van der Waals surface area contributed by atoms with E-state index < -0.39 is 11.6 Å². The molecule has 4 aromatic rings. The van der Waals surface area contributed by atoms with Gasteiger partial charge in [-0.3, -0.25) is 0 Å². The van der Waals surface area contributed by atoms with Crippen LogP contribution in [0.1, 0.15) is 122 Å². The summed E-state index contributed by atoms with van der Waals surface area (Å²) in [5.74, 6) is 0.860. The minimum absolute atomic E-state index is 0.0536. The molecule has 55 heavy (non-hydrogen) atoms. The summed E-state index contributed by atoms with van der Waals surface area (Å²) in [5.41, 5.74) is 6.71. The molecule has 0 unspecified atom stereocenters. The lowest BCUT2D eigenvalue weighted by Gasteiger charge is -2.34. The summed E-state index contributed by atoms with van der Waals surface area (Å²) in [5, 5.41) is 10.8. The van der Waals surface area contributed by atoms with Gasteiger partial charge in [0, 0.05) is 38.8 Å². The number of fused-ring (bicyclic) bond motifs is 6. The molecule has 0 aromatic heterocycles. The first-order valence-electron chi connectivity index (χ1n) is 19.3. The van der Waals surface area contributed by atoms with Crippen LogP contribution in [0.3, 0.4) is 0 Å². The fourth-order valence-electron chi connectivity index (χ4n) is 8.55. The molecular formula is C47H60F2O6. The lowest BCUT2D eigenvalue weighted by Crippen LogP contribution is -2.25. The van der Waals surface area contributed by atoms with E-state index in [4.69, 9.17) is 29.3 Å². The van der Waals surface area contributed by atoms with Crippen LogP contribution in [0.15, 0.2) is 48.5 Å². The molecule has 5 rings (SSSR count). The molecule has 0 spiro atoms. The third-order valence-corrected chi connectivity index (χ3v) is 10.2. The summed E-state index contributed by atoms with van der Waals surface area (Å²) in [6.45, 7) is 30.2. The van der Waals surface area contributed by atoms with Gasteiger partial charge in [0.1, 0.15) is 23.1 Å². The number of halogens is 2. The zero-order valence-electron chi connectivity index (χ0n) is 35.4. The number of hydrogen-bond acceptors (Lipinski definition) is 6. The van der Waals surface area contributed by atoms with Crippen molar-refractivity contribution in [3.63, 3.8) is 0 Å². The molecule has 0 radical (unpaired) electrons. The molecule has 0 saturated heterocycles. The van der Waals surface area contributed by atoms with E-state index in [0.717, 1.165) is 35.1 Å². The van der Waals surface area contributed by atoms with Crippen LogP contribution >= 0.6 is 0 Å². The smallest absolute Gasteiger partial charge is 0.179 e. The van der Waals surface area contributed by atoms with Crippen molar-refractivity contribution in [2.45, 2.75) is 127 Å². The van der Waals surface area contributed by atoms with Crippen molar-refractivity contribution in [2.75, 3.05) is 13.2 Å². The molecular weight excluding hydrogens is 699 g/mol. The fourth-order valence-corrected chi connectivity index (χ4v) is 8.55. The maximum Gasteiger partial charge on any atom is 0.179 e. The molecule has 0 bridgehead atoms. The number of benzene rings is 4. The number of hydrogen-bond donors (Lipinski definition) is 0. The minimum atomic E-state index is -0.408. The molecule has 0 amide bonds. The quantitative estimate of drug-likeness (QED) is 0.193. The third kappa shape index (κ3) is 10.0. The van der Waals surface area contributed by atoms with E-state index in [-0.39, 0.29) is 34.9 Å². The first kappa shape index (κ1) is 42.0. The zero-order chi connectivity index (χ0) is 40.7. The van der Waals surface area contributed by atoms with Gasteiger partial charge in [0.05, 0.1) is 13.2 Å². The van der Waals surface area contributed by atoms with Gasteiger partial charge >= 0.3 is 0 Å². The lowest BCUT2D eigenvalue weighted by molar-refractivity contribution is -0.575. The molecule has 0 aliphatic carbocycles. The zero-order valence-corrected chi connectivity index (χ0v) is 35.4. The van der Waals surface area contributed by atoms with Gasteiger partial charge in [-0.15, -0.1) is 0 Å². The van der Waals surface area contributed by atoms with Gasteiger partial charge in [-0.05, 0) is 132 Å². The molecule has 0 N–H and O–H groups in total. The molecule has 8 heteroatoms. The van der Waals surface area contributed by atoms with Crippen LogP contribution in [0.5, 0.6) is 23.0 Å². The second kappa shape index (κ2) is 15.8. The SMILES string of the molecule is Cc1cc(F)cc2c1OCCCOc1c(C)cc(F)cc1-c1cc(C(C)(C)CC(C)(C)C)cc(C)c1OOOOc1c(C)cc(C(C)(C)CC(C)(C)C)cc1-2. The predicted octanol–water partition coefficient (Wildman–Crippen LogP) is 13.4. The molecule has 1 aliphatic rings. The van der Waals surface area contributed by atoms with E-state index in [1.165, 1.54) is 24.3 Å². The number of aryl methyl sites for hydroxylation is 4. The van der Waals surface area contributed by atoms with Crippen LogP contribution in [0.4, 0.5) is 8.78 Å². The fraction of sp³-hybridized carbons (Fsp3) is 0.489. The van der Waals surface area contributed by atoms with Crippen LogP contribution in [0, 0.1) is 50.2 Å². The lowest BCUT2D eigenvalue weighted by atomic mass is 9.71. The minimum Gasteiger partial charge on any atom is -0.493 e. The highest BCUT2D eigenvalue weighted by molar-refractivity contribution is 5.80. The monoisotopic (exact) mass is 758 g/mol. The van der Waals surface area contributed by atoms with Crippen molar-refractivity contribution in [3.8, 4) is 45.3 Å². The van der Waals surface area contributed by atoms with Crippen molar-refractivity contribution < 1.29 is 38.1 Å². The standard InChI is InChI=1S/C47H60F2O6/c1-28-18-32(46(11,12)26-44(5,6)7)22-36-38-24-34(48)20-30(3)40(38)50-16-15-17-51-41-31(4)21-35(49)25-39(41)37-23-33(47(13,14)27-45(8,9)10)19-29(2)43(37)53-55-54-52-42(28)36/h18-25H,15-17,26-27H2,1-14H3. The highest BCUT2D eigenvalue weighted by Gasteiger charge is 2.32. The summed E-state index contributed by atoms with van der Waals surface area (Å²) in [7, 11) is 0. The van der Waals surface area contributed by atoms with E-state index in [9.17, 15) is 0 Å². The van der Waals surface area contributed by atoms with E-state index >= 15 is 8.78 Å². The summed E-state index contributed by atoms with van der Waals surface area (Å²) in [4.78, 5) is 11.9. The summed E-state index contributed by atoms with van der Waals surface area (Å²) >= 11 is 0. The molecule has 1 aliphatic heterocycles. The highest BCUT2D eigenvalue weighted by atomic mass is 19.1. The Morgan fingerprint density at radius 1 is 0.455 bits per heavy atom. The molecule has 0 atom stereocenters. The van der Waals surface area contributed by atoms with Crippen molar-refractivity contribution in [1.82, 2.24) is 0 Å². The van der Waals surface area contributed by atoms with Crippen molar-refractivity contribution in [3.05, 3.63) is 93.5 Å². The predicted molar refractivity (Wildman–Crippen MR) is 216 cm³/mol. The summed E-state index contributed by atoms with van der Waals surface area (Å²) < 4.78 is 43.5. The topological polar surface area (TPSA) is 55.4 Å². The second-order valence-corrected chi connectivity index (χ2v) is 19.1. The van der Waals surface area contributed by atoms with Crippen molar-refractivity contribution in [1.29, 1.82) is 0 Å². The summed E-state index contributed by atoms with van der Waals surface area (Å²) in [6, 6.07) is 14.0. The maximum atomic E-state index is 15.3. The Labute approximate surface area is 327 Å². The third-order valence-electron chi connectivity index (χ3n) is 10.2. The van der Waals surface area contributed by atoms with E-state index in [2.05, 4.69) is 81.4 Å². The normalized spacial score (nSPS) is 14.5. The number of rotatable bonds is 4. The molecule has 6 nitrogen and oxygen atoms in total. The van der Waals surface area contributed by atoms with Crippen molar-refractivity contribution >= 4 is 0 Å². The van der Waals surface area contributed by atoms with Crippen LogP contribution < -0.4 is 19.2 Å². The Kier molecular flexibility index (Phi) is 12.1. The van der Waals surface area contributed by atoms with Crippen LogP contribution in [-0.4, -0.2) is 13.2 Å². The van der Waals surface area contributed by atoms with Gasteiger partial charge in [0.2, 0.25) is 0 Å². The van der Waals surface area contributed by atoms with Crippen LogP contribution in [0.25, 0.3) is 22.3 Å². The average Bonchev–Trinajstić information content (AvgIpc) is 3.02. The average molecular weight is 759 g/mol.